The quantitative estimate of drug-likeness (QED) is 0.834. The molecule has 1 N–H and O–H groups in total. The van der Waals surface area contributed by atoms with E-state index < -0.39 is 0 Å². The summed E-state index contributed by atoms with van der Waals surface area (Å²) in [6.07, 6.45) is 1.78. The van der Waals surface area contributed by atoms with Gasteiger partial charge in [-0.1, -0.05) is 17.7 Å². The molecule has 6 nitrogen and oxygen atoms in total. The SMILES string of the molecule is COc1ccc([C@@H]2CCCN2C(=O)CNC(=O)c2ccc(C)cc2)c(OC)c1. The van der Waals surface area contributed by atoms with Crippen molar-refractivity contribution in [1.82, 2.24) is 10.2 Å². The highest BCUT2D eigenvalue weighted by molar-refractivity contribution is 5.96. The molecule has 0 bridgehead atoms. The molecule has 1 atom stereocenters. The third-order valence-electron chi connectivity index (χ3n) is 5.09. The summed E-state index contributed by atoms with van der Waals surface area (Å²) in [4.78, 5) is 26.9. The molecule has 0 radical (unpaired) electrons. The number of amides is 2. The fraction of sp³-hybridized carbons (Fsp3) is 0.364. The molecule has 0 saturated carbocycles. The molecule has 1 heterocycles. The molecular weight excluding hydrogens is 356 g/mol. The molecule has 1 saturated heterocycles. The van der Waals surface area contributed by atoms with Gasteiger partial charge >= 0.3 is 0 Å². The van der Waals surface area contributed by atoms with Crippen molar-refractivity contribution in [3.05, 3.63) is 59.2 Å². The Hall–Kier alpha value is -3.02. The molecule has 3 rings (SSSR count). The van der Waals surface area contributed by atoms with Crippen LogP contribution in [0.1, 0.15) is 40.4 Å². The molecule has 6 heteroatoms. The summed E-state index contributed by atoms with van der Waals surface area (Å²) in [5.74, 6) is 1.07. The molecule has 0 unspecified atom stereocenters. The zero-order valence-electron chi connectivity index (χ0n) is 16.5. The van der Waals surface area contributed by atoms with E-state index in [1.165, 1.54) is 0 Å². The van der Waals surface area contributed by atoms with Gasteiger partial charge < -0.3 is 19.7 Å². The van der Waals surface area contributed by atoms with Gasteiger partial charge in [0.25, 0.3) is 5.91 Å². The Morgan fingerprint density at radius 3 is 2.54 bits per heavy atom. The normalized spacial score (nSPS) is 16.0. The number of ether oxygens (including phenoxy) is 2. The van der Waals surface area contributed by atoms with Crippen LogP contribution in [0.5, 0.6) is 11.5 Å². The molecule has 2 aromatic carbocycles. The van der Waals surface area contributed by atoms with Crippen LogP contribution < -0.4 is 14.8 Å². The minimum Gasteiger partial charge on any atom is -0.497 e. The van der Waals surface area contributed by atoms with E-state index in [1.807, 2.05) is 42.2 Å². The van der Waals surface area contributed by atoms with E-state index >= 15 is 0 Å². The Balaban J connectivity index is 1.68. The topological polar surface area (TPSA) is 67.9 Å². The van der Waals surface area contributed by atoms with Crippen LogP contribution in [0.2, 0.25) is 0 Å². The lowest BCUT2D eigenvalue weighted by Gasteiger charge is -2.26. The predicted octanol–water partition coefficient (Wildman–Crippen LogP) is 3.11. The zero-order chi connectivity index (χ0) is 20.1. The summed E-state index contributed by atoms with van der Waals surface area (Å²) in [7, 11) is 3.22. The van der Waals surface area contributed by atoms with E-state index in [4.69, 9.17) is 9.47 Å². The van der Waals surface area contributed by atoms with Crippen molar-refractivity contribution < 1.29 is 19.1 Å². The highest BCUT2D eigenvalue weighted by Gasteiger charge is 2.32. The van der Waals surface area contributed by atoms with Crippen LogP contribution in [0.15, 0.2) is 42.5 Å². The molecule has 2 amide bonds. The second-order valence-electron chi connectivity index (χ2n) is 6.90. The van der Waals surface area contributed by atoms with Crippen LogP contribution in [0.25, 0.3) is 0 Å². The van der Waals surface area contributed by atoms with Gasteiger partial charge in [-0.25, -0.2) is 0 Å². The predicted molar refractivity (Wildman–Crippen MR) is 107 cm³/mol. The first-order valence-corrected chi connectivity index (χ1v) is 9.39. The molecule has 1 aliphatic heterocycles. The van der Waals surface area contributed by atoms with Crippen molar-refractivity contribution >= 4 is 11.8 Å². The summed E-state index contributed by atoms with van der Waals surface area (Å²) in [5.41, 5.74) is 2.59. The maximum Gasteiger partial charge on any atom is 0.251 e. The van der Waals surface area contributed by atoms with Gasteiger partial charge in [-0.2, -0.15) is 0 Å². The largest absolute Gasteiger partial charge is 0.497 e. The average Bonchev–Trinajstić information content (AvgIpc) is 3.21. The zero-order valence-corrected chi connectivity index (χ0v) is 16.5. The lowest BCUT2D eigenvalue weighted by molar-refractivity contribution is -0.131. The van der Waals surface area contributed by atoms with Gasteiger partial charge in [-0.3, -0.25) is 9.59 Å². The van der Waals surface area contributed by atoms with Crippen molar-refractivity contribution in [2.75, 3.05) is 27.3 Å². The Labute approximate surface area is 165 Å². The number of nitrogens with zero attached hydrogens (tertiary/aromatic N) is 1. The van der Waals surface area contributed by atoms with Crippen LogP contribution in [-0.2, 0) is 4.79 Å². The molecule has 1 fully saturated rings. The van der Waals surface area contributed by atoms with Crippen molar-refractivity contribution in [3.8, 4) is 11.5 Å². The van der Waals surface area contributed by atoms with Crippen molar-refractivity contribution in [2.24, 2.45) is 0 Å². The van der Waals surface area contributed by atoms with Gasteiger partial charge in [0, 0.05) is 23.7 Å². The second-order valence-corrected chi connectivity index (χ2v) is 6.90. The molecule has 148 valence electrons. The monoisotopic (exact) mass is 382 g/mol. The summed E-state index contributed by atoms with van der Waals surface area (Å²) >= 11 is 0. The number of carbonyl (C=O) groups excluding carboxylic acids is 2. The van der Waals surface area contributed by atoms with E-state index in [0.29, 0.717) is 23.6 Å². The van der Waals surface area contributed by atoms with E-state index in [9.17, 15) is 9.59 Å². The van der Waals surface area contributed by atoms with E-state index in [2.05, 4.69) is 5.32 Å². The van der Waals surface area contributed by atoms with E-state index in [1.54, 1.807) is 26.4 Å². The summed E-state index contributed by atoms with van der Waals surface area (Å²) in [6.45, 7) is 2.60. The van der Waals surface area contributed by atoms with Gasteiger partial charge in [0.2, 0.25) is 5.91 Å². The van der Waals surface area contributed by atoms with Crippen molar-refractivity contribution in [3.63, 3.8) is 0 Å². The second kappa shape index (κ2) is 8.78. The number of hydrogen-bond donors (Lipinski definition) is 1. The van der Waals surface area contributed by atoms with Crippen LogP contribution in [0.3, 0.4) is 0 Å². The molecular formula is C22H26N2O4. The maximum atomic E-state index is 12.8. The van der Waals surface area contributed by atoms with Crippen LogP contribution >= 0.6 is 0 Å². The Morgan fingerprint density at radius 1 is 1.11 bits per heavy atom. The number of benzene rings is 2. The Kier molecular flexibility index (Phi) is 6.19. The first-order chi connectivity index (χ1) is 13.5. The summed E-state index contributed by atoms with van der Waals surface area (Å²) in [5, 5.41) is 2.73. The van der Waals surface area contributed by atoms with Crippen LogP contribution in [-0.4, -0.2) is 44.0 Å². The van der Waals surface area contributed by atoms with Gasteiger partial charge in [-0.05, 0) is 44.0 Å². The third-order valence-corrected chi connectivity index (χ3v) is 5.09. The van der Waals surface area contributed by atoms with E-state index in [-0.39, 0.29) is 24.4 Å². The summed E-state index contributed by atoms with van der Waals surface area (Å²) in [6, 6.07) is 12.9. The lowest BCUT2D eigenvalue weighted by Crippen LogP contribution is -2.39. The molecule has 0 spiro atoms. The number of methoxy groups -OCH3 is 2. The molecule has 0 aromatic heterocycles. The van der Waals surface area contributed by atoms with Crippen molar-refractivity contribution in [1.29, 1.82) is 0 Å². The van der Waals surface area contributed by atoms with Gasteiger partial charge in [0.1, 0.15) is 11.5 Å². The lowest BCUT2D eigenvalue weighted by atomic mass is 10.0. The fourth-order valence-corrected chi connectivity index (χ4v) is 3.55. The molecule has 0 aliphatic carbocycles. The van der Waals surface area contributed by atoms with Crippen LogP contribution in [0.4, 0.5) is 0 Å². The minimum atomic E-state index is -0.244. The highest BCUT2D eigenvalue weighted by atomic mass is 16.5. The number of likely N-dealkylation sites (tertiary alicyclic amines) is 1. The highest BCUT2D eigenvalue weighted by Crippen LogP contribution is 2.38. The number of nitrogens with one attached hydrogen (secondary N) is 1. The Bertz CT molecular complexity index is 848. The van der Waals surface area contributed by atoms with Gasteiger partial charge in [-0.15, -0.1) is 0 Å². The van der Waals surface area contributed by atoms with Gasteiger partial charge in [0.15, 0.2) is 0 Å². The number of hydrogen-bond acceptors (Lipinski definition) is 4. The Morgan fingerprint density at radius 2 is 1.86 bits per heavy atom. The smallest absolute Gasteiger partial charge is 0.251 e. The average molecular weight is 382 g/mol. The first-order valence-electron chi connectivity index (χ1n) is 9.39. The third kappa shape index (κ3) is 4.27. The standard InChI is InChI=1S/C22H26N2O4/c1-15-6-8-16(9-7-15)22(26)23-14-21(25)24-12-4-5-19(24)18-11-10-17(27-2)13-20(18)28-3/h6-11,13,19H,4-5,12,14H2,1-3H3,(H,23,26)/t19-/m0/s1. The van der Waals surface area contributed by atoms with Crippen LogP contribution in [0, 0.1) is 6.92 Å². The van der Waals surface area contributed by atoms with E-state index in [0.717, 1.165) is 24.0 Å². The number of carbonyl (C=O) groups is 2. The molecule has 1 aliphatic rings. The maximum absolute atomic E-state index is 12.8. The fourth-order valence-electron chi connectivity index (χ4n) is 3.55. The van der Waals surface area contributed by atoms with Crippen molar-refractivity contribution in [2.45, 2.75) is 25.8 Å². The molecule has 28 heavy (non-hydrogen) atoms. The minimum absolute atomic E-state index is 0.0261. The first kappa shape index (κ1) is 19.7. The molecule has 2 aromatic rings. The summed E-state index contributed by atoms with van der Waals surface area (Å²) < 4.78 is 10.8. The number of rotatable bonds is 6. The number of aryl methyl sites for hydroxylation is 1. The van der Waals surface area contributed by atoms with Gasteiger partial charge in [0.05, 0.1) is 26.8 Å².